The topological polar surface area (TPSA) is 79.6 Å². The molecule has 7 heteroatoms. The summed E-state index contributed by atoms with van der Waals surface area (Å²) in [6.45, 7) is 0.382. The zero-order valence-electron chi connectivity index (χ0n) is 13.3. The molecule has 1 aromatic carbocycles. The fourth-order valence-electron chi connectivity index (χ4n) is 2.16. The lowest BCUT2D eigenvalue weighted by Gasteiger charge is -2.22. The quantitative estimate of drug-likeness (QED) is 0.869. The van der Waals surface area contributed by atoms with E-state index < -0.39 is 9.84 Å². The van der Waals surface area contributed by atoms with Crippen molar-refractivity contribution >= 4 is 15.7 Å². The molecule has 2 aromatic rings. The van der Waals surface area contributed by atoms with Gasteiger partial charge in [0.15, 0.2) is 9.84 Å². The zero-order valence-corrected chi connectivity index (χ0v) is 14.1. The lowest BCUT2D eigenvalue weighted by Crippen LogP contribution is -2.34. The number of carbonyl (C=O) groups is 1. The van der Waals surface area contributed by atoms with E-state index in [4.69, 9.17) is 4.42 Å². The first-order valence-corrected chi connectivity index (χ1v) is 8.96. The number of benzene rings is 1. The summed E-state index contributed by atoms with van der Waals surface area (Å²) in [5.41, 5.74) is 0.411. The van der Waals surface area contributed by atoms with Gasteiger partial charge in [0.2, 0.25) is 0 Å². The number of hydrogen-bond donors (Lipinski definition) is 1. The van der Waals surface area contributed by atoms with Crippen LogP contribution in [-0.2, 0) is 9.84 Å². The molecule has 0 bridgehead atoms. The monoisotopic (exact) mass is 336 g/mol. The third-order valence-corrected chi connectivity index (χ3v) is 4.62. The van der Waals surface area contributed by atoms with Crippen molar-refractivity contribution in [2.75, 3.05) is 26.9 Å². The third kappa shape index (κ3) is 4.43. The molecule has 6 nitrogen and oxygen atoms in total. The number of rotatable bonds is 6. The maximum Gasteiger partial charge on any atom is 0.251 e. The van der Waals surface area contributed by atoms with Crippen LogP contribution in [0.1, 0.15) is 22.2 Å². The van der Waals surface area contributed by atoms with Gasteiger partial charge < -0.3 is 9.73 Å². The third-order valence-electron chi connectivity index (χ3n) is 3.50. The number of nitrogens with zero attached hydrogens (tertiary/aromatic N) is 1. The van der Waals surface area contributed by atoms with Crippen LogP contribution in [0.4, 0.5) is 0 Å². The van der Waals surface area contributed by atoms with Gasteiger partial charge in [-0.1, -0.05) is 0 Å². The van der Waals surface area contributed by atoms with Crippen molar-refractivity contribution in [1.82, 2.24) is 10.2 Å². The minimum atomic E-state index is -3.26. The number of hydrogen-bond acceptors (Lipinski definition) is 5. The van der Waals surface area contributed by atoms with Crippen molar-refractivity contribution in [2.45, 2.75) is 10.9 Å². The molecule has 1 aromatic heterocycles. The lowest BCUT2D eigenvalue weighted by molar-refractivity contribution is 0.0939. The van der Waals surface area contributed by atoms with Crippen molar-refractivity contribution in [3.05, 3.63) is 54.0 Å². The molecule has 0 aliphatic rings. The van der Waals surface area contributed by atoms with Crippen LogP contribution in [0.25, 0.3) is 0 Å². The first kappa shape index (κ1) is 17.2. The van der Waals surface area contributed by atoms with Gasteiger partial charge in [0.25, 0.3) is 5.91 Å². The average molecular weight is 336 g/mol. The summed E-state index contributed by atoms with van der Waals surface area (Å²) in [7, 11) is 0.543. The van der Waals surface area contributed by atoms with E-state index in [0.29, 0.717) is 12.1 Å². The van der Waals surface area contributed by atoms with Gasteiger partial charge in [-0.2, -0.15) is 0 Å². The molecule has 0 aliphatic heterocycles. The van der Waals surface area contributed by atoms with E-state index in [1.807, 2.05) is 25.1 Å². The number of furan rings is 1. The average Bonchev–Trinajstić information content (AvgIpc) is 3.00. The molecule has 1 amide bonds. The molecule has 1 unspecified atom stereocenters. The molecule has 0 spiro atoms. The summed E-state index contributed by atoms with van der Waals surface area (Å²) >= 11 is 0. The predicted molar refractivity (Wildman–Crippen MR) is 87.0 cm³/mol. The molecule has 0 radical (unpaired) electrons. The predicted octanol–water partition coefficient (Wildman–Crippen LogP) is 1.72. The molecule has 1 heterocycles. The Morgan fingerprint density at radius 3 is 2.35 bits per heavy atom. The molecular formula is C16H20N2O4S. The Labute approximate surface area is 136 Å². The van der Waals surface area contributed by atoms with Crippen LogP contribution in [0.5, 0.6) is 0 Å². The molecule has 0 fully saturated rings. The van der Waals surface area contributed by atoms with Crippen LogP contribution in [0, 0.1) is 0 Å². The van der Waals surface area contributed by atoms with Crippen LogP contribution in [0.15, 0.2) is 52.0 Å². The standard InChI is InChI=1S/C16H20N2O4S/c1-18(2)14(15-5-4-10-22-15)11-17-16(19)12-6-8-13(9-7-12)23(3,20)21/h4-10,14H,11H2,1-3H3,(H,17,19). The highest BCUT2D eigenvalue weighted by Crippen LogP contribution is 2.18. The van der Waals surface area contributed by atoms with Crippen LogP contribution in [-0.4, -0.2) is 46.1 Å². The highest BCUT2D eigenvalue weighted by molar-refractivity contribution is 7.90. The van der Waals surface area contributed by atoms with Crippen molar-refractivity contribution < 1.29 is 17.6 Å². The van der Waals surface area contributed by atoms with Gasteiger partial charge in [0, 0.05) is 18.4 Å². The van der Waals surface area contributed by atoms with Crippen molar-refractivity contribution in [3.63, 3.8) is 0 Å². The van der Waals surface area contributed by atoms with E-state index in [0.717, 1.165) is 12.0 Å². The SMILES string of the molecule is CN(C)C(CNC(=O)c1ccc(S(C)(=O)=O)cc1)c1ccco1. The maximum atomic E-state index is 12.2. The fourth-order valence-corrected chi connectivity index (χ4v) is 2.79. The van der Waals surface area contributed by atoms with E-state index >= 15 is 0 Å². The first-order valence-electron chi connectivity index (χ1n) is 7.07. The lowest BCUT2D eigenvalue weighted by atomic mass is 10.2. The van der Waals surface area contributed by atoms with Crippen LogP contribution < -0.4 is 5.32 Å². The Kier molecular flexibility index (Phi) is 5.23. The van der Waals surface area contributed by atoms with Crippen LogP contribution in [0.2, 0.25) is 0 Å². The number of amides is 1. The van der Waals surface area contributed by atoms with Gasteiger partial charge in [0.05, 0.1) is 17.2 Å². The Balaban J connectivity index is 2.04. The van der Waals surface area contributed by atoms with E-state index in [1.54, 1.807) is 12.3 Å². The summed E-state index contributed by atoms with van der Waals surface area (Å²) < 4.78 is 28.2. The van der Waals surface area contributed by atoms with Gasteiger partial charge in [-0.15, -0.1) is 0 Å². The second kappa shape index (κ2) is 6.97. The molecule has 0 saturated carbocycles. The number of sulfone groups is 1. The van der Waals surface area contributed by atoms with Crippen molar-refractivity contribution in [1.29, 1.82) is 0 Å². The molecule has 1 atom stereocenters. The van der Waals surface area contributed by atoms with Gasteiger partial charge in [0.1, 0.15) is 5.76 Å². The molecular weight excluding hydrogens is 316 g/mol. The molecule has 1 N–H and O–H groups in total. The highest BCUT2D eigenvalue weighted by atomic mass is 32.2. The second-order valence-corrected chi connectivity index (χ2v) is 7.52. The van der Waals surface area contributed by atoms with Crippen molar-refractivity contribution in [3.8, 4) is 0 Å². The summed E-state index contributed by atoms with van der Waals surface area (Å²) in [6.07, 6.45) is 2.73. The van der Waals surface area contributed by atoms with E-state index in [-0.39, 0.29) is 16.8 Å². The first-order chi connectivity index (χ1) is 10.8. The summed E-state index contributed by atoms with van der Waals surface area (Å²) in [5.74, 6) is 0.506. The maximum absolute atomic E-state index is 12.2. The van der Waals surface area contributed by atoms with Gasteiger partial charge in [-0.25, -0.2) is 8.42 Å². The van der Waals surface area contributed by atoms with E-state index in [9.17, 15) is 13.2 Å². The molecule has 0 aliphatic carbocycles. The molecule has 2 rings (SSSR count). The largest absolute Gasteiger partial charge is 0.468 e. The fraction of sp³-hybridized carbons (Fsp3) is 0.312. The normalized spacial score (nSPS) is 13.0. The van der Waals surface area contributed by atoms with E-state index in [2.05, 4.69) is 5.32 Å². The number of carbonyl (C=O) groups excluding carboxylic acids is 1. The van der Waals surface area contributed by atoms with Gasteiger partial charge >= 0.3 is 0 Å². The highest BCUT2D eigenvalue weighted by Gasteiger charge is 2.18. The molecule has 23 heavy (non-hydrogen) atoms. The summed E-state index contributed by atoms with van der Waals surface area (Å²) in [6, 6.07) is 9.45. The zero-order chi connectivity index (χ0) is 17.0. The van der Waals surface area contributed by atoms with Crippen LogP contribution >= 0.6 is 0 Å². The smallest absolute Gasteiger partial charge is 0.251 e. The van der Waals surface area contributed by atoms with E-state index in [1.165, 1.54) is 24.3 Å². The number of likely N-dealkylation sites (N-methyl/N-ethyl adjacent to an activating group) is 1. The van der Waals surface area contributed by atoms with Crippen LogP contribution in [0.3, 0.4) is 0 Å². The second-order valence-electron chi connectivity index (χ2n) is 5.50. The Morgan fingerprint density at radius 1 is 1.22 bits per heavy atom. The summed E-state index contributed by atoms with van der Waals surface area (Å²) in [4.78, 5) is 14.3. The Hall–Kier alpha value is -2.12. The molecule has 124 valence electrons. The van der Waals surface area contributed by atoms with Crippen molar-refractivity contribution in [2.24, 2.45) is 0 Å². The van der Waals surface area contributed by atoms with Gasteiger partial charge in [-0.05, 0) is 50.5 Å². The minimum absolute atomic E-state index is 0.0794. The number of nitrogens with one attached hydrogen (secondary N) is 1. The molecule has 0 saturated heterocycles. The van der Waals surface area contributed by atoms with Gasteiger partial charge in [-0.3, -0.25) is 9.69 Å². The Bertz CT molecular complexity index is 750. The Morgan fingerprint density at radius 2 is 1.87 bits per heavy atom. The summed E-state index contributed by atoms with van der Waals surface area (Å²) in [5, 5.41) is 2.84. The minimum Gasteiger partial charge on any atom is -0.468 e.